The van der Waals surface area contributed by atoms with Crippen LogP contribution < -0.4 is 5.56 Å². The number of amides is 1. The molecule has 1 N–H and O–H groups in total. The van der Waals surface area contributed by atoms with E-state index in [0.29, 0.717) is 48.1 Å². The summed E-state index contributed by atoms with van der Waals surface area (Å²) in [7, 11) is 0. The van der Waals surface area contributed by atoms with Crippen LogP contribution in [0.3, 0.4) is 0 Å². The zero-order valence-electron chi connectivity index (χ0n) is 15.2. The number of aromatic amines is 1. The molecule has 27 heavy (non-hydrogen) atoms. The summed E-state index contributed by atoms with van der Waals surface area (Å²) in [5, 5.41) is 0.882. The Balaban J connectivity index is 1.55. The Morgan fingerprint density at radius 1 is 1.22 bits per heavy atom. The lowest BCUT2D eigenvalue weighted by Crippen LogP contribution is -2.39. The first-order valence-electron chi connectivity index (χ1n) is 9.38. The molecule has 6 nitrogen and oxygen atoms in total. The van der Waals surface area contributed by atoms with Crippen molar-refractivity contribution in [3.63, 3.8) is 0 Å². The van der Waals surface area contributed by atoms with E-state index in [1.807, 2.05) is 30.3 Å². The number of nitrogens with zero attached hydrogens (tertiary/aromatic N) is 3. The topological polar surface area (TPSA) is 79.0 Å². The number of pyridine rings is 1. The van der Waals surface area contributed by atoms with Gasteiger partial charge in [0.2, 0.25) is 0 Å². The maximum absolute atomic E-state index is 13.4. The van der Waals surface area contributed by atoms with Crippen molar-refractivity contribution in [3.8, 4) is 0 Å². The fraction of sp³-hybridized carbons (Fsp3) is 0.333. The van der Waals surface area contributed by atoms with Crippen LogP contribution in [0.15, 0.2) is 35.1 Å². The molecule has 3 heterocycles. The van der Waals surface area contributed by atoms with E-state index < -0.39 is 0 Å². The Labute approximate surface area is 156 Å². The molecule has 3 aromatic rings. The minimum Gasteiger partial charge on any atom is -0.332 e. The van der Waals surface area contributed by atoms with Crippen LogP contribution in [0.4, 0.5) is 0 Å². The molecule has 2 aromatic heterocycles. The van der Waals surface area contributed by atoms with Crippen molar-refractivity contribution in [1.82, 2.24) is 19.9 Å². The quantitative estimate of drug-likeness (QED) is 0.762. The van der Waals surface area contributed by atoms with Crippen molar-refractivity contribution in [3.05, 3.63) is 69.0 Å². The van der Waals surface area contributed by atoms with Gasteiger partial charge >= 0.3 is 0 Å². The van der Waals surface area contributed by atoms with Crippen LogP contribution in [0.25, 0.3) is 10.9 Å². The second kappa shape index (κ2) is 6.01. The predicted octanol–water partition coefficient (Wildman–Crippen LogP) is 2.70. The number of para-hydroxylation sites is 1. The molecule has 0 saturated heterocycles. The van der Waals surface area contributed by atoms with Gasteiger partial charge < -0.3 is 9.88 Å². The number of carbonyl (C=O) groups excluding carboxylic acids is 1. The van der Waals surface area contributed by atoms with Crippen LogP contribution >= 0.6 is 0 Å². The Kier molecular flexibility index (Phi) is 3.60. The third kappa shape index (κ3) is 2.81. The molecule has 1 saturated carbocycles. The number of rotatable bonds is 2. The van der Waals surface area contributed by atoms with Crippen molar-refractivity contribution in [2.45, 2.75) is 38.6 Å². The summed E-state index contributed by atoms with van der Waals surface area (Å²) in [6.07, 6.45) is 2.81. The van der Waals surface area contributed by atoms with E-state index in [4.69, 9.17) is 4.98 Å². The van der Waals surface area contributed by atoms with Gasteiger partial charge in [-0.2, -0.15) is 0 Å². The lowest BCUT2D eigenvalue weighted by Gasteiger charge is -2.28. The highest BCUT2D eigenvalue weighted by Gasteiger charge is 2.29. The number of H-pyrrole nitrogens is 1. The van der Waals surface area contributed by atoms with Gasteiger partial charge in [-0.25, -0.2) is 4.98 Å². The molecule has 136 valence electrons. The summed E-state index contributed by atoms with van der Waals surface area (Å²) in [4.78, 5) is 39.3. The van der Waals surface area contributed by atoms with Gasteiger partial charge in [-0.3, -0.25) is 14.6 Å². The van der Waals surface area contributed by atoms with Gasteiger partial charge in [0.25, 0.3) is 11.5 Å². The van der Waals surface area contributed by atoms with Gasteiger partial charge in [0.1, 0.15) is 5.82 Å². The Bertz CT molecular complexity index is 1130. The molecule has 0 spiro atoms. The van der Waals surface area contributed by atoms with E-state index in [-0.39, 0.29) is 11.5 Å². The normalized spacial score (nSPS) is 16.4. The van der Waals surface area contributed by atoms with E-state index in [0.717, 1.165) is 29.4 Å². The van der Waals surface area contributed by atoms with Crippen molar-refractivity contribution in [2.75, 3.05) is 6.54 Å². The molecule has 0 radical (unpaired) electrons. The third-order valence-electron chi connectivity index (χ3n) is 5.44. The first-order chi connectivity index (χ1) is 13.1. The van der Waals surface area contributed by atoms with E-state index >= 15 is 0 Å². The number of fused-ring (bicyclic) bond motifs is 2. The molecule has 1 aliphatic carbocycles. The van der Waals surface area contributed by atoms with Crippen LogP contribution in [-0.2, 0) is 13.0 Å². The van der Waals surface area contributed by atoms with Gasteiger partial charge in [0.05, 0.1) is 23.3 Å². The first-order valence-corrected chi connectivity index (χ1v) is 9.38. The first kappa shape index (κ1) is 16.2. The fourth-order valence-corrected chi connectivity index (χ4v) is 3.87. The second-order valence-electron chi connectivity index (χ2n) is 7.44. The second-order valence-corrected chi connectivity index (χ2v) is 7.44. The maximum atomic E-state index is 13.4. The molecule has 1 fully saturated rings. The number of aryl methyl sites for hydroxylation is 1. The molecule has 5 rings (SSSR count). The van der Waals surface area contributed by atoms with Gasteiger partial charge in [0.15, 0.2) is 0 Å². The summed E-state index contributed by atoms with van der Waals surface area (Å²) < 4.78 is 0. The largest absolute Gasteiger partial charge is 0.332 e. The zero-order valence-corrected chi connectivity index (χ0v) is 15.2. The minimum absolute atomic E-state index is 0.0131. The van der Waals surface area contributed by atoms with E-state index in [9.17, 15) is 9.59 Å². The monoisotopic (exact) mass is 360 g/mol. The average molecular weight is 360 g/mol. The third-order valence-corrected chi connectivity index (χ3v) is 5.44. The van der Waals surface area contributed by atoms with Crippen molar-refractivity contribution in [1.29, 1.82) is 0 Å². The minimum atomic E-state index is -0.0880. The molecule has 0 bridgehead atoms. The molecule has 0 unspecified atom stereocenters. The van der Waals surface area contributed by atoms with E-state index in [1.54, 1.807) is 11.8 Å². The molecule has 2 aliphatic rings. The van der Waals surface area contributed by atoms with Crippen LogP contribution in [0.1, 0.15) is 51.9 Å². The molecular weight excluding hydrogens is 340 g/mol. The van der Waals surface area contributed by atoms with Gasteiger partial charge in [-0.05, 0) is 38.3 Å². The summed E-state index contributed by atoms with van der Waals surface area (Å²) in [6.45, 7) is 2.66. The maximum Gasteiger partial charge on any atom is 0.254 e. The molecule has 1 amide bonds. The molecule has 0 atom stereocenters. The van der Waals surface area contributed by atoms with Crippen molar-refractivity contribution < 1.29 is 4.79 Å². The number of aromatic nitrogens is 3. The zero-order chi connectivity index (χ0) is 18.5. The van der Waals surface area contributed by atoms with Gasteiger partial charge in [-0.15, -0.1) is 0 Å². The smallest absolute Gasteiger partial charge is 0.254 e. The molecule has 1 aliphatic heterocycles. The van der Waals surface area contributed by atoms with Crippen LogP contribution in [0.5, 0.6) is 0 Å². The number of nitrogens with one attached hydrogen (secondary N) is 1. The summed E-state index contributed by atoms with van der Waals surface area (Å²) >= 11 is 0. The predicted molar refractivity (Wildman–Crippen MR) is 102 cm³/mol. The Morgan fingerprint density at radius 3 is 2.85 bits per heavy atom. The standard InChI is InChI=1S/C21H20N4O2/c1-12-22-19-11-25(9-8-15(19)20(26)23-12)21(27)16-10-18(13-6-7-13)24-17-5-3-2-4-14(16)17/h2-5,10,13H,6-9,11H2,1H3,(H,22,23,26). The van der Waals surface area contributed by atoms with Crippen molar-refractivity contribution in [2.24, 2.45) is 0 Å². The molecule has 6 heteroatoms. The highest BCUT2D eigenvalue weighted by molar-refractivity contribution is 6.06. The number of carbonyl (C=O) groups is 1. The summed E-state index contributed by atoms with van der Waals surface area (Å²) in [5.74, 6) is 1.05. The SMILES string of the molecule is Cc1nc2c(c(=O)[nH]1)CCN(C(=O)c1cc(C3CC3)nc3ccccc13)C2. The average Bonchev–Trinajstić information content (AvgIpc) is 3.51. The summed E-state index contributed by atoms with van der Waals surface area (Å²) in [6, 6.07) is 9.78. The Hall–Kier alpha value is -3.02. The van der Waals surface area contributed by atoms with Crippen LogP contribution in [0, 0.1) is 6.92 Å². The molecular formula is C21H20N4O2. The fourth-order valence-electron chi connectivity index (χ4n) is 3.87. The number of benzene rings is 1. The summed E-state index contributed by atoms with van der Waals surface area (Å²) in [5.41, 5.74) is 3.90. The Morgan fingerprint density at radius 2 is 2.04 bits per heavy atom. The van der Waals surface area contributed by atoms with Crippen LogP contribution in [-0.4, -0.2) is 32.3 Å². The van der Waals surface area contributed by atoms with Gasteiger partial charge in [0, 0.05) is 29.1 Å². The van der Waals surface area contributed by atoms with E-state index in [2.05, 4.69) is 9.97 Å². The number of hydrogen-bond acceptors (Lipinski definition) is 4. The van der Waals surface area contributed by atoms with Gasteiger partial charge in [-0.1, -0.05) is 18.2 Å². The highest BCUT2D eigenvalue weighted by Crippen LogP contribution is 2.40. The number of hydrogen-bond donors (Lipinski definition) is 1. The highest BCUT2D eigenvalue weighted by atomic mass is 16.2. The van der Waals surface area contributed by atoms with Crippen molar-refractivity contribution >= 4 is 16.8 Å². The lowest BCUT2D eigenvalue weighted by molar-refractivity contribution is 0.0733. The molecule has 1 aromatic carbocycles. The lowest BCUT2D eigenvalue weighted by atomic mass is 10.0. The van der Waals surface area contributed by atoms with Crippen LogP contribution in [0.2, 0.25) is 0 Å². The van der Waals surface area contributed by atoms with E-state index in [1.165, 1.54) is 0 Å².